The van der Waals surface area contributed by atoms with Gasteiger partial charge in [-0.15, -0.1) is 0 Å². The maximum atomic E-state index is 11.5. The van der Waals surface area contributed by atoms with Gasteiger partial charge in [-0.3, -0.25) is 4.79 Å². The average Bonchev–Trinajstić information content (AvgIpc) is 2.34. The molecule has 0 radical (unpaired) electrons. The van der Waals surface area contributed by atoms with Crippen LogP contribution in [0.5, 0.6) is 0 Å². The molecule has 16 heavy (non-hydrogen) atoms. The highest BCUT2D eigenvalue weighted by Gasteiger charge is 2.24. The lowest BCUT2D eigenvalue weighted by molar-refractivity contribution is -0.126. The number of amides is 1. The number of piperidine rings is 1. The molecule has 1 unspecified atom stereocenters. The molecular formula is C12H25N3O. The third kappa shape index (κ3) is 4.49. The first-order chi connectivity index (χ1) is 7.77. The third-order valence-corrected chi connectivity index (χ3v) is 3.15. The van der Waals surface area contributed by atoms with Crippen LogP contribution in [0.25, 0.3) is 0 Å². The Balaban J connectivity index is 2.20. The summed E-state index contributed by atoms with van der Waals surface area (Å²) in [7, 11) is 1.73. The summed E-state index contributed by atoms with van der Waals surface area (Å²) in [5.41, 5.74) is 0. The molecule has 1 aliphatic heterocycles. The maximum absolute atomic E-state index is 11.5. The van der Waals surface area contributed by atoms with Crippen molar-refractivity contribution in [2.45, 2.75) is 26.2 Å². The van der Waals surface area contributed by atoms with E-state index >= 15 is 0 Å². The Morgan fingerprint density at radius 3 is 2.94 bits per heavy atom. The predicted molar refractivity (Wildman–Crippen MR) is 66.4 cm³/mol. The maximum Gasteiger partial charge on any atom is 0.224 e. The van der Waals surface area contributed by atoms with Crippen LogP contribution in [0.3, 0.4) is 0 Å². The van der Waals surface area contributed by atoms with Gasteiger partial charge in [-0.1, -0.05) is 6.92 Å². The molecule has 94 valence electrons. The fourth-order valence-corrected chi connectivity index (χ4v) is 2.22. The van der Waals surface area contributed by atoms with Crippen molar-refractivity contribution in [2.75, 3.05) is 39.8 Å². The topological polar surface area (TPSA) is 44.4 Å². The van der Waals surface area contributed by atoms with E-state index in [-0.39, 0.29) is 11.8 Å². The molecule has 1 saturated heterocycles. The van der Waals surface area contributed by atoms with Gasteiger partial charge in [0, 0.05) is 26.7 Å². The van der Waals surface area contributed by atoms with Gasteiger partial charge in [0.1, 0.15) is 0 Å². The SMILES string of the molecule is CCCNCCN1CCCC(C(=O)NC)C1. The molecule has 1 rings (SSSR count). The smallest absolute Gasteiger partial charge is 0.224 e. The molecule has 0 aliphatic carbocycles. The minimum absolute atomic E-state index is 0.199. The number of nitrogens with one attached hydrogen (secondary N) is 2. The summed E-state index contributed by atoms with van der Waals surface area (Å²) in [6.07, 6.45) is 3.37. The van der Waals surface area contributed by atoms with Crippen LogP contribution >= 0.6 is 0 Å². The highest BCUT2D eigenvalue weighted by molar-refractivity contribution is 5.78. The van der Waals surface area contributed by atoms with E-state index in [0.717, 1.165) is 45.6 Å². The lowest BCUT2D eigenvalue weighted by Gasteiger charge is -2.31. The number of carbonyl (C=O) groups is 1. The quantitative estimate of drug-likeness (QED) is 0.647. The van der Waals surface area contributed by atoms with Crippen LogP contribution in [-0.4, -0.2) is 50.6 Å². The molecule has 0 spiro atoms. The Kier molecular flexibility index (Phi) is 6.42. The number of hydrogen-bond acceptors (Lipinski definition) is 3. The van der Waals surface area contributed by atoms with Gasteiger partial charge in [-0.2, -0.15) is 0 Å². The normalized spacial score (nSPS) is 22.0. The largest absolute Gasteiger partial charge is 0.359 e. The first kappa shape index (κ1) is 13.5. The van der Waals surface area contributed by atoms with Crippen molar-refractivity contribution >= 4 is 5.91 Å². The molecule has 0 aromatic carbocycles. The van der Waals surface area contributed by atoms with Gasteiger partial charge in [-0.25, -0.2) is 0 Å². The molecule has 1 amide bonds. The monoisotopic (exact) mass is 227 g/mol. The van der Waals surface area contributed by atoms with Gasteiger partial charge in [-0.05, 0) is 32.4 Å². The molecule has 0 aromatic rings. The van der Waals surface area contributed by atoms with Crippen LogP contribution < -0.4 is 10.6 Å². The van der Waals surface area contributed by atoms with Crippen LogP contribution in [-0.2, 0) is 4.79 Å². The minimum Gasteiger partial charge on any atom is -0.359 e. The summed E-state index contributed by atoms with van der Waals surface area (Å²) in [6.45, 7) is 7.43. The molecule has 1 fully saturated rings. The van der Waals surface area contributed by atoms with Crippen LogP contribution in [0, 0.1) is 5.92 Å². The van der Waals surface area contributed by atoms with Gasteiger partial charge < -0.3 is 15.5 Å². The molecule has 1 atom stereocenters. The summed E-state index contributed by atoms with van der Waals surface area (Å²) < 4.78 is 0. The molecule has 2 N–H and O–H groups in total. The Bertz CT molecular complexity index is 208. The Morgan fingerprint density at radius 2 is 2.25 bits per heavy atom. The Hall–Kier alpha value is -0.610. The summed E-state index contributed by atoms with van der Waals surface area (Å²) >= 11 is 0. The zero-order valence-electron chi connectivity index (χ0n) is 10.6. The highest BCUT2D eigenvalue weighted by Crippen LogP contribution is 2.15. The fraction of sp³-hybridized carbons (Fsp3) is 0.917. The molecule has 1 heterocycles. The van der Waals surface area contributed by atoms with E-state index in [1.54, 1.807) is 7.05 Å². The van der Waals surface area contributed by atoms with Crippen molar-refractivity contribution in [2.24, 2.45) is 5.92 Å². The van der Waals surface area contributed by atoms with E-state index < -0.39 is 0 Å². The van der Waals surface area contributed by atoms with Gasteiger partial charge in [0.25, 0.3) is 0 Å². The summed E-state index contributed by atoms with van der Waals surface area (Å²) in [4.78, 5) is 13.9. The van der Waals surface area contributed by atoms with E-state index in [2.05, 4.69) is 22.5 Å². The van der Waals surface area contributed by atoms with E-state index in [0.29, 0.717) is 0 Å². The number of carbonyl (C=O) groups excluding carboxylic acids is 1. The van der Waals surface area contributed by atoms with Gasteiger partial charge >= 0.3 is 0 Å². The van der Waals surface area contributed by atoms with Crippen molar-refractivity contribution in [3.8, 4) is 0 Å². The number of rotatable bonds is 6. The van der Waals surface area contributed by atoms with Crippen molar-refractivity contribution < 1.29 is 4.79 Å². The lowest BCUT2D eigenvalue weighted by Crippen LogP contribution is -2.44. The molecular weight excluding hydrogens is 202 g/mol. The van der Waals surface area contributed by atoms with Gasteiger partial charge in [0.2, 0.25) is 5.91 Å². The molecule has 0 aromatic heterocycles. The summed E-state index contributed by atoms with van der Waals surface area (Å²) in [5.74, 6) is 0.399. The van der Waals surface area contributed by atoms with Crippen molar-refractivity contribution in [3.63, 3.8) is 0 Å². The average molecular weight is 227 g/mol. The molecule has 4 nitrogen and oxygen atoms in total. The van der Waals surface area contributed by atoms with Crippen LogP contribution in [0.4, 0.5) is 0 Å². The molecule has 1 aliphatic rings. The zero-order chi connectivity index (χ0) is 11.8. The Labute approximate surface area is 98.8 Å². The second-order valence-corrected chi connectivity index (χ2v) is 4.50. The summed E-state index contributed by atoms with van der Waals surface area (Å²) in [6, 6.07) is 0. The highest BCUT2D eigenvalue weighted by atomic mass is 16.1. The first-order valence-corrected chi connectivity index (χ1v) is 6.42. The van der Waals surface area contributed by atoms with E-state index in [1.165, 1.54) is 6.42 Å². The minimum atomic E-state index is 0.199. The predicted octanol–water partition coefficient (Wildman–Crippen LogP) is 0.444. The van der Waals surface area contributed by atoms with Crippen molar-refractivity contribution in [1.29, 1.82) is 0 Å². The number of hydrogen-bond donors (Lipinski definition) is 2. The fourth-order valence-electron chi connectivity index (χ4n) is 2.22. The number of likely N-dealkylation sites (tertiary alicyclic amines) is 1. The lowest BCUT2D eigenvalue weighted by atomic mass is 9.97. The van der Waals surface area contributed by atoms with E-state index in [1.807, 2.05) is 0 Å². The van der Waals surface area contributed by atoms with Gasteiger partial charge in [0.05, 0.1) is 5.92 Å². The van der Waals surface area contributed by atoms with Crippen LogP contribution in [0.2, 0.25) is 0 Å². The summed E-state index contributed by atoms with van der Waals surface area (Å²) in [5, 5.41) is 6.15. The van der Waals surface area contributed by atoms with Crippen molar-refractivity contribution in [1.82, 2.24) is 15.5 Å². The van der Waals surface area contributed by atoms with E-state index in [4.69, 9.17) is 0 Å². The van der Waals surface area contributed by atoms with Crippen LogP contribution in [0.1, 0.15) is 26.2 Å². The van der Waals surface area contributed by atoms with Gasteiger partial charge in [0.15, 0.2) is 0 Å². The first-order valence-electron chi connectivity index (χ1n) is 6.42. The number of nitrogens with zero attached hydrogens (tertiary/aromatic N) is 1. The Morgan fingerprint density at radius 1 is 1.44 bits per heavy atom. The van der Waals surface area contributed by atoms with E-state index in [9.17, 15) is 4.79 Å². The zero-order valence-corrected chi connectivity index (χ0v) is 10.6. The standard InChI is InChI=1S/C12H25N3O/c1-3-6-14-7-9-15-8-4-5-11(10-15)12(16)13-2/h11,14H,3-10H2,1-2H3,(H,13,16). The van der Waals surface area contributed by atoms with Crippen molar-refractivity contribution in [3.05, 3.63) is 0 Å². The molecule has 4 heteroatoms. The van der Waals surface area contributed by atoms with Crippen LogP contribution in [0.15, 0.2) is 0 Å². The second-order valence-electron chi connectivity index (χ2n) is 4.50. The molecule has 0 bridgehead atoms. The third-order valence-electron chi connectivity index (χ3n) is 3.15. The second kappa shape index (κ2) is 7.63. The molecule has 0 saturated carbocycles.